The molecule has 12 heavy (non-hydrogen) atoms. The predicted octanol–water partition coefficient (Wildman–Crippen LogP) is 2.53. The average Bonchev–Trinajstić information content (AvgIpc) is 2.03. The molecular weight excluding hydrogens is 183 g/mol. The molecule has 0 saturated carbocycles. The number of carbonyl (C=O) groups is 1. The lowest BCUT2D eigenvalue weighted by atomic mass is 10.4. The van der Waals surface area contributed by atoms with Gasteiger partial charge in [-0.1, -0.05) is 0 Å². The van der Waals surface area contributed by atoms with Crippen molar-refractivity contribution in [3.8, 4) is 0 Å². The normalized spacial score (nSPS) is 9.42. The van der Waals surface area contributed by atoms with Crippen LogP contribution < -0.4 is 0 Å². The van der Waals surface area contributed by atoms with Crippen molar-refractivity contribution in [3.63, 3.8) is 0 Å². The molecule has 0 aliphatic rings. The van der Waals surface area contributed by atoms with E-state index in [9.17, 15) is 9.18 Å². The third-order valence-electron chi connectivity index (χ3n) is 1.02. The van der Waals surface area contributed by atoms with Crippen molar-refractivity contribution in [2.24, 2.45) is 0 Å². The van der Waals surface area contributed by atoms with Crippen LogP contribution in [0.15, 0.2) is 29.2 Å². The van der Waals surface area contributed by atoms with E-state index in [1.807, 2.05) is 0 Å². The molecule has 0 aliphatic carbocycles. The maximum absolute atomic E-state index is 12.3. The zero-order valence-corrected chi connectivity index (χ0v) is 6.68. The Bertz CT molecular complexity index is 272. The molecule has 3 nitrogen and oxygen atoms in total. The lowest BCUT2D eigenvalue weighted by molar-refractivity contribution is 0.153. The second kappa shape index (κ2) is 3.96. The average molecular weight is 188 g/mol. The minimum Gasteiger partial charge on any atom is -0.449 e. The first-order valence-corrected chi connectivity index (χ1v) is 3.75. The molecule has 1 aromatic carbocycles. The fourth-order valence-electron chi connectivity index (χ4n) is 0.574. The summed E-state index contributed by atoms with van der Waals surface area (Å²) in [6, 6.07) is 5.33. The molecule has 64 valence electrons. The van der Waals surface area contributed by atoms with Crippen molar-refractivity contribution < 1.29 is 18.5 Å². The molecule has 0 saturated heterocycles. The second-order valence-electron chi connectivity index (χ2n) is 1.89. The van der Waals surface area contributed by atoms with E-state index in [1.165, 1.54) is 24.3 Å². The SMILES string of the molecule is O=C(O)OSc1ccc(F)cc1. The Morgan fingerprint density at radius 2 is 2.00 bits per heavy atom. The molecular formula is C7H5FO3S. The van der Waals surface area contributed by atoms with E-state index in [-0.39, 0.29) is 5.82 Å². The van der Waals surface area contributed by atoms with E-state index in [0.717, 1.165) is 0 Å². The van der Waals surface area contributed by atoms with Crippen LogP contribution in [-0.2, 0) is 4.18 Å². The maximum Gasteiger partial charge on any atom is 0.518 e. The van der Waals surface area contributed by atoms with Crippen molar-refractivity contribution >= 4 is 18.2 Å². The van der Waals surface area contributed by atoms with Crippen molar-refractivity contribution in [3.05, 3.63) is 30.1 Å². The van der Waals surface area contributed by atoms with Crippen LogP contribution in [0.4, 0.5) is 9.18 Å². The molecule has 1 rings (SSSR count). The fourth-order valence-corrected chi connectivity index (χ4v) is 0.989. The Hall–Kier alpha value is -1.23. The zero-order valence-electron chi connectivity index (χ0n) is 5.86. The highest BCUT2D eigenvalue weighted by molar-refractivity contribution is 7.95. The van der Waals surface area contributed by atoms with Crippen LogP contribution in [-0.4, -0.2) is 11.3 Å². The monoisotopic (exact) mass is 188 g/mol. The number of rotatable bonds is 2. The Kier molecular flexibility index (Phi) is 2.93. The lowest BCUT2D eigenvalue weighted by Gasteiger charge is -1.96. The molecule has 0 heterocycles. The van der Waals surface area contributed by atoms with Gasteiger partial charge in [0, 0.05) is 4.90 Å². The van der Waals surface area contributed by atoms with Crippen LogP contribution in [0.2, 0.25) is 0 Å². The largest absolute Gasteiger partial charge is 0.518 e. The summed E-state index contributed by atoms with van der Waals surface area (Å²) >= 11 is 0.671. The summed E-state index contributed by atoms with van der Waals surface area (Å²) in [7, 11) is 0. The van der Waals surface area contributed by atoms with Gasteiger partial charge in [-0.05, 0) is 24.3 Å². The zero-order chi connectivity index (χ0) is 8.97. The van der Waals surface area contributed by atoms with Crippen LogP contribution in [0, 0.1) is 5.82 Å². The van der Waals surface area contributed by atoms with Gasteiger partial charge in [0.05, 0.1) is 12.0 Å². The van der Waals surface area contributed by atoms with Crippen LogP contribution in [0.5, 0.6) is 0 Å². The van der Waals surface area contributed by atoms with Crippen molar-refractivity contribution in [1.29, 1.82) is 0 Å². The van der Waals surface area contributed by atoms with E-state index < -0.39 is 6.16 Å². The minimum atomic E-state index is -1.37. The first-order valence-electron chi connectivity index (χ1n) is 3.01. The van der Waals surface area contributed by atoms with Gasteiger partial charge in [0.15, 0.2) is 0 Å². The summed E-state index contributed by atoms with van der Waals surface area (Å²) < 4.78 is 16.5. The smallest absolute Gasteiger partial charge is 0.449 e. The summed E-state index contributed by atoms with van der Waals surface area (Å²) in [6.07, 6.45) is -1.37. The van der Waals surface area contributed by atoms with Crippen molar-refractivity contribution in [2.75, 3.05) is 0 Å². The molecule has 0 amide bonds. The van der Waals surface area contributed by atoms with Gasteiger partial charge in [-0.3, -0.25) is 0 Å². The molecule has 5 heteroatoms. The Morgan fingerprint density at radius 1 is 1.42 bits per heavy atom. The molecule has 0 spiro atoms. The minimum absolute atomic E-state index is 0.366. The standard InChI is InChI=1S/C7H5FO3S/c8-5-1-3-6(4-2-5)12-11-7(9)10/h1-4H,(H,9,10). The quantitative estimate of drug-likeness (QED) is 0.724. The molecule has 0 aliphatic heterocycles. The highest BCUT2D eigenvalue weighted by Crippen LogP contribution is 2.18. The number of benzene rings is 1. The molecule has 1 aromatic rings. The first kappa shape index (κ1) is 8.86. The van der Waals surface area contributed by atoms with E-state index >= 15 is 0 Å². The number of carboxylic acid groups (broad SMARTS) is 1. The lowest BCUT2D eigenvalue weighted by Crippen LogP contribution is -1.90. The third kappa shape index (κ3) is 2.79. The van der Waals surface area contributed by atoms with Gasteiger partial charge in [0.25, 0.3) is 0 Å². The molecule has 0 bridgehead atoms. The number of hydrogen-bond donors (Lipinski definition) is 1. The second-order valence-corrected chi connectivity index (χ2v) is 2.69. The van der Waals surface area contributed by atoms with Gasteiger partial charge in [-0.15, -0.1) is 0 Å². The van der Waals surface area contributed by atoms with Gasteiger partial charge in [0.1, 0.15) is 5.82 Å². The topological polar surface area (TPSA) is 46.5 Å². The van der Waals surface area contributed by atoms with Crippen LogP contribution in [0.25, 0.3) is 0 Å². The molecule has 0 atom stereocenters. The van der Waals surface area contributed by atoms with Crippen molar-refractivity contribution in [1.82, 2.24) is 0 Å². The van der Waals surface area contributed by atoms with E-state index in [2.05, 4.69) is 4.18 Å². The Labute approximate surface area is 72.4 Å². The number of halogens is 1. The molecule has 0 fully saturated rings. The molecule has 0 unspecified atom stereocenters. The summed E-state index contributed by atoms with van der Waals surface area (Å²) in [5.41, 5.74) is 0. The fraction of sp³-hybridized carbons (Fsp3) is 0. The first-order chi connectivity index (χ1) is 5.68. The molecule has 1 N–H and O–H groups in total. The number of hydrogen-bond acceptors (Lipinski definition) is 3. The van der Waals surface area contributed by atoms with Crippen LogP contribution in [0.3, 0.4) is 0 Å². The van der Waals surface area contributed by atoms with Gasteiger partial charge in [0.2, 0.25) is 0 Å². The van der Waals surface area contributed by atoms with E-state index in [1.54, 1.807) is 0 Å². The predicted molar refractivity (Wildman–Crippen MR) is 41.4 cm³/mol. The van der Waals surface area contributed by atoms with Crippen LogP contribution in [0.1, 0.15) is 0 Å². The van der Waals surface area contributed by atoms with Gasteiger partial charge in [-0.25, -0.2) is 9.18 Å². The molecule has 0 aromatic heterocycles. The van der Waals surface area contributed by atoms with Crippen molar-refractivity contribution in [2.45, 2.75) is 4.90 Å². The Morgan fingerprint density at radius 3 is 2.50 bits per heavy atom. The van der Waals surface area contributed by atoms with E-state index in [0.29, 0.717) is 16.9 Å². The summed E-state index contributed by atoms with van der Waals surface area (Å²) in [5.74, 6) is -0.366. The molecule has 0 radical (unpaired) electrons. The summed E-state index contributed by atoms with van der Waals surface area (Å²) in [5, 5.41) is 8.11. The highest BCUT2D eigenvalue weighted by Gasteiger charge is 1.99. The summed E-state index contributed by atoms with van der Waals surface area (Å²) in [6.45, 7) is 0. The van der Waals surface area contributed by atoms with Gasteiger partial charge >= 0.3 is 6.16 Å². The van der Waals surface area contributed by atoms with Gasteiger partial charge in [-0.2, -0.15) is 0 Å². The Balaban J connectivity index is 2.53. The van der Waals surface area contributed by atoms with Gasteiger partial charge < -0.3 is 9.29 Å². The van der Waals surface area contributed by atoms with Crippen LogP contribution >= 0.6 is 12.0 Å². The summed E-state index contributed by atoms with van der Waals surface area (Å²) in [4.78, 5) is 10.5. The van der Waals surface area contributed by atoms with E-state index in [4.69, 9.17) is 5.11 Å². The highest BCUT2D eigenvalue weighted by atomic mass is 32.2. The maximum atomic E-state index is 12.3. The third-order valence-corrected chi connectivity index (χ3v) is 1.71.